The van der Waals surface area contributed by atoms with E-state index >= 15 is 0 Å². The summed E-state index contributed by atoms with van der Waals surface area (Å²) < 4.78 is 0. The molecule has 0 aromatic heterocycles. The van der Waals surface area contributed by atoms with E-state index in [1.165, 1.54) is 0 Å². The van der Waals surface area contributed by atoms with Crippen molar-refractivity contribution in [2.45, 2.75) is 25.3 Å². The van der Waals surface area contributed by atoms with Crippen LogP contribution >= 0.6 is 0 Å². The summed E-state index contributed by atoms with van der Waals surface area (Å²) in [5.41, 5.74) is 0. The monoisotopic (exact) mass is 228 g/mol. The average molecular weight is 228 g/mol. The quantitative estimate of drug-likeness (QED) is 0.620. The lowest BCUT2D eigenvalue weighted by molar-refractivity contribution is -0.126. The highest BCUT2D eigenvalue weighted by Gasteiger charge is 2.26. The SMILES string of the molecule is CN1CC[C@H](NC(=O)C2CCNCC2)C1.N. The van der Waals surface area contributed by atoms with Crippen molar-refractivity contribution >= 4 is 5.91 Å². The van der Waals surface area contributed by atoms with Crippen molar-refractivity contribution in [1.29, 1.82) is 0 Å². The second-order valence-electron chi connectivity index (χ2n) is 4.78. The molecule has 16 heavy (non-hydrogen) atoms. The van der Waals surface area contributed by atoms with Gasteiger partial charge in [-0.05, 0) is 45.9 Å². The maximum absolute atomic E-state index is 11.9. The Labute approximate surface area is 97.5 Å². The molecule has 0 saturated carbocycles. The second kappa shape index (κ2) is 6.18. The van der Waals surface area contributed by atoms with Crippen LogP contribution in [0.15, 0.2) is 0 Å². The van der Waals surface area contributed by atoms with E-state index in [9.17, 15) is 4.79 Å². The Balaban J connectivity index is 0.00000128. The van der Waals surface area contributed by atoms with Crippen molar-refractivity contribution in [1.82, 2.24) is 21.7 Å². The van der Waals surface area contributed by atoms with Gasteiger partial charge in [0.2, 0.25) is 5.91 Å². The molecule has 5 nitrogen and oxygen atoms in total. The summed E-state index contributed by atoms with van der Waals surface area (Å²) in [5, 5.41) is 6.45. The van der Waals surface area contributed by atoms with Gasteiger partial charge in [0.15, 0.2) is 0 Å². The number of rotatable bonds is 2. The van der Waals surface area contributed by atoms with Crippen molar-refractivity contribution in [3.05, 3.63) is 0 Å². The molecule has 2 aliphatic rings. The molecule has 5 heteroatoms. The molecular formula is C11H24N4O. The van der Waals surface area contributed by atoms with Crippen LogP contribution < -0.4 is 16.8 Å². The van der Waals surface area contributed by atoms with Crippen molar-refractivity contribution in [3.63, 3.8) is 0 Å². The maximum atomic E-state index is 11.9. The molecule has 2 aliphatic heterocycles. The Kier molecular flexibility index (Phi) is 5.18. The molecule has 2 heterocycles. The summed E-state index contributed by atoms with van der Waals surface area (Å²) in [4.78, 5) is 14.2. The molecule has 1 amide bonds. The lowest BCUT2D eigenvalue weighted by Crippen LogP contribution is -2.43. The van der Waals surface area contributed by atoms with Crippen LogP contribution in [0, 0.1) is 5.92 Å². The molecular weight excluding hydrogens is 204 g/mol. The normalized spacial score (nSPS) is 27.4. The molecule has 0 aromatic rings. The number of nitrogens with zero attached hydrogens (tertiary/aromatic N) is 1. The predicted molar refractivity (Wildman–Crippen MR) is 64.7 cm³/mol. The fourth-order valence-corrected chi connectivity index (χ4v) is 2.46. The summed E-state index contributed by atoms with van der Waals surface area (Å²) >= 11 is 0. The number of hydrogen-bond donors (Lipinski definition) is 3. The van der Waals surface area contributed by atoms with Crippen LogP contribution in [0.5, 0.6) is 0 Å². The minimum absolute atomic E-state index is 0. The molecule has 0 aliphatic carbocycles. The molecule has 5 N–H and O–H groups in total. The number of carbonyl (C=O) groups excluding carboxylic acids is 1. The number of likely N-dealkylation sites (tertiary alicyclic amines) is 1. The zero-order chi connectivity index (χ0) is 10.7. The molecule has 2 saturated heterocycles. The van der Waals surface area contributed by atoms with Crippen molar-refractivity contribution in [2.75, 3.05) is 33.2 Å². The van der Waals surface area contributed by atoms with Crippen molar-refractivity contribution < 1.29 is 4.79 Å². The minimum Gasteiger partial charge on any atom is -0.352 e. The van der Waals surface area contributed by atoms with Crippen LogP contribution in [0.25, 0.3) is 0 Å². The molecule has 1 atom stereocenters. The van der Waals surface area contributed by atoms with Gasteiger partial charge in [-0.15, -0.1) is 0 Å². The highest BCUT2D eigenvalue weighted by molar-refractivity contribution is 5.79. The van der Waals surface area contributed by atoms with Gasteiger partial charge in [0.05, 0.1) is 0 Å². The summed E-state index contributed by atoms with van der Waals surface area (Å²) in [7, 11) is 2.11. The largest absolute Gasteiger partial charge is 0.352 e. The van der Waals surface area contributed by atoms with Gasteiger partial charge in [0, 0.05) is 18.5 Å². The highest BCUT2D eigenvalue weighted by Crippen LogP contribution is 2.13. The predicted octanol–water partition coefficient (Wildman–Crippen LogP) is -0.0317. The molecule has 2 fully saturated rings. The summed E-state index contributed by atoms with van der Waals surface area (Å²) in [6, 6.07) is 0.386. The topological polar surface area (TPSA) is 79.4 Å². The van der Waals surface area contributed by atoms with E-state index < -0.39 is 0 Å². The van der Waals surface area contributed by atoms with Gasteiger partial charge in [-0.25, -0.2) is 0 Å². The van der Waals surface area contributed by atoms with Crippen LogP contribution in [0.4, 0.5) is 0 Å². The number of likely N-dealkylation sites (N-methyl/N-ethyl adjacent to an activating group) is 1. The molecule has 0 spiro atoms. The first-order valence-corrected chi connectivity index (χ1v) is 5.95. The third kappa shape index (κ3) is 3.43. The van der Waals surface area contributed by atoms with Gasteiger partial charge in [-0.2, -0.15) is 0 Å². The van der Waals surface area contributed by atoms with Crippen molar-refractivity contribution in [3.8, 4) is 0 Å². The van der Waals surface area contributed by atoms with E-state index in [0.717, 1.165) is 45.4 Å². The Morgan fingerprint density at radius 1 is 1.31 bits per heavy atom. The highest BCUT2D eigenvalue weighted by atomic mass is 16.2. The van der Waals surface area contributed by atoms with Gasteiger partial charge in [0.25, 0.3) is 0 Å². The van der Waals surface area contributed by atoms with Gasteiger partial charge in [-0.3, -0.25) is 4.79 Å². The lowest BCUT2D eigenvalue weighted by atomic mass is 9.97. The zero-order valence-corrected chi connectivity index (χ0v) is 10.2. The van der Waals surface area contributed by atoms with Gasteiger partial charge < -0.3 is 21.7 Å². The standard InChI is InChI=1S/C11H21N3O.H3N/c1-14-7-4-10(8-14)13-11(15)9-2-5-12-6-3-9;/h9-10,12H,2-8H2,1H3,(H,13,15);1H3/t10-;/m0./s1. The second-order valence-corrected chi connectivity index (χ2v) is 4.78. The fraction of sp³-hybridized carbons (Fsp3) is 0.909. The first-order valence-electron chi connectivity index (χ1n) is 5.95. The van der Waals surface area contributed by atoms with Crippen molar-refractivity contribution in [2.24, 2.45) is 5.92 Å². The van der Waals surface area contributed by atoms with Crippen LogP contribution in [0.2, 0.25) is 0 Å². The summed E-state index contributed by atoms with van der Waals surface area (Å²) in [6.45, 7) is 4.10. The Morgan fingerprint density at radius 3 is 2.56 bits per heavy atom. The first kappa shape index (κ1) is 13.4. The zero-order valence-electron chi connectivity index (χ0n) is 10.2. The fourth-order valence-electron chi connectivity index (χ4n) is 2.46. The lowest BCUT2D eigenvalue weighted by Gasteiger charge is -2.23. The molecule has 0 aromatic carbocycles. The summed E-state index contributed by atoms with van der Waals surface area (Å²) in [6.07, 6.45) is 3.09. The van der Waals surface area contributed by atoms with Crippen LogP contribution in [0.1, 0.15) is 19.3 Å². The van der Waals surface area contributed by atoms with Gasteiger partial charge in [0.1, 0.15) is 0 Å². The number of amides is 1. The number of carbonyl (C=O) groups is 1. The Hall–Kier alpha value is -0.650. The van der Waals surface area contributed by atoms with Crippen LogP contribution in [-0.4, -0.2) is 50.1 Å². The average Bonchev–Trinajstić information content (AvgIpc) is 2.65. The number of nitrogens with one attached hydrogen (secondary N) is 2. The van der Waals surface area contributed by atoms with Crippen LogP contribution in [-0.2, 0) is 4.79 Å². The van der Waals surface area contributed by atoms with E-state index in [-0.39, 0.29) is 18.0 Å². The molecule has 0 bridgehead atoms. The van der Waals surface area contributed by atoms with E-state index in [1.807, 2.05) is 0 Å². The molecule has 94 valence electrons. The Morgan fingerprint density at radius 2 is 2.00 bits per heavy atom. The summed E-state index contributed by atoms with van der Waals surface area (Å²) in [5.74, 6) is 0.522. The minimum atomic E-state index is 0. The smallest absolute Gasteiger partial charge is 0.223 e. The first-order chi connectivity index (χ1) is 7.25. The maximum Gasteiger partial charge on any atom is 0.223 e. The third-order valence-electron chi connectivity index (χ3n) is 3.45. The third-order valence-corrected chi connectivity index (χ3v) is 3.45. The van der Waals surface area contributed by atoms with E-state index in [2.05, 4.69) is 22.6 Å². The number of piperidine rings is 1. The number of hydrogen-bond acceptors (Lipinski definition) is 4. The molecule has 2 rings (SSSR count). The van der Waals surface area contributed by atoms with Gasteiger partial charge >= 0.3 is 0 Å². The van der Waals surface area contributed by atoms with Gasteiger partial charge in [-0.1, -0.05) is 0 Å². The van der Waals surface area contributed by atoms with E-state index in [1.54, 1.807) is 0 Å². The Bertz CT molecular complexity index is 228. The van der Waals surface area contributed by atoms with Crippen LogP contribution in [0.3, 0.4) is 0 Å². The van der Waals surface area contributed by atoms with E-state index in [0.29, 0.717) is 6.04 Å². The molecule has 0 radical (unpaired) electrons. The van der Waals surface area contributed by atoms with E-state index in [4.69, 9.17) is 0 Å². The molecule has 0 unspecified atom stereocenters.